The zero-order valence-electron chi connectivity index (χ0n) is 10.2. The van der Waals surface area contributed by atoms with Crippen molar-refractivity contribution in [1.29, 1.82) is 0 Å². The summed E-state index contributed by atoms with van der Waals surface area (Å²) in [5, 5.41) is 0. The zero-order valence-corrected chi connectivity index (χ0v) is 11.8. The molecule has 0 spiro atoms. The molecule has 0 amide bonds. The highest BCUT2D eigenvalue weighted by atomic mass is 79.9. The summed E-state index contributed by atoms with van der Waals surface area (Å²) in [6, 6.07) is 5.74. The lowest BCUT2D eigenvalue weighted by Crippen LogP contribution is -2.07. The first-order chi connectivity index (χ1) is 8.56. The van der Waals surface area contributed by atoms with Crippen LogP contribution in [0.3, 0.4) is 0 Å². The van der Waals surface area contributed by atoms with Crippen LogP contribution in [-0.4, -0.2) is 9.97 Å². The Labute approximate surface area is 114 Å². The lowest BCUT2D eigenvalue weighted by molar-refractivity contribution is 0.222. The molecule has 0 saturated heterocycles. The summed E-state index contributed by atoms with van der Waals surface area (Å²) in [4.78, 5) is 8.32. The van der Waals surface area contributed by atoms with E-state index in [1.807, 2.05) is 26.0 Å². The highest BCUT2D eigenvalue weighted by molar-refractivity contribution is 9.10. The molecule has 0 aliphatic carbocycles. The average Bonchev–Trinajstić information content (AvgIpc) is 2.34. The number of anilines is 1. The second-order valence-electron chi connectivity index (χ2n) is 4.06. The van der Waals surface area contributed by atoms with E-state index in [4.69, 9.17) is 10.5 Å². The molecule has 0 aliphatic heterocycles. The van der Waals surface area contributed by atoms with Gasteiger partial charge in [-0.3, -0.25) is 4.98 Å². The summed E-state index contributed by atoms with van der Waals surface area (Å²) in [7, 11) is 0. The predicted molar refractivity (Wildman–Crippen MR) is 74.4 cm³/mol. The van der Waals surface area contributed by atoms with Gasteiger partial charge in [0.15, 0.2) is 11.6 Å². The van der Waals surface area contributed by atoms with Crippen LogP contribution in [0.25, 0.3) is 0 Å². The predicted octanol–water partition coefficient (Wildman–Crippen LogP) is 3.27. The third-order valence-corrected chi connectivity index (χ3v) is 2.94. The Hall–Kier alpha value is -1.62. The highest BCUT2D eigenvalue weighted by Crippen LogP contribution is 2.27. The van der Waals surface area contributed by atoms with Gasteiger partial charge in [0.05, 0.1) is 5.69 Å². The third kappa shape index (κ3) is 2.98. The topological polar surface area (TPSA) is 61.0 Å². The van der Waals surface area contributed by atoms with Gasteiger partial charge in [-0.2, -0.15) is 0 Å². The lowest BCUT2D eigenvalue weighted by atomic mass is 10.2. The standard InChI is InChI=1S/C13H14BrN3O/c1-8-3-4-16-11(5-8)9(2)18-12-6-10(14)7-17-13(12)15/h3-7,9H,1-2H3,(H2,15,17). The van der Waals surface area contributed by atoms with Crippen LogP contribution in [0, 0.1) is 6.92 Å². The molecule has 0 fully saturated rings. The number of halogens is 1. The molecular formula is C13H14BrN3O. The number of rotatable bonds is 3. The maximum atomic E-state index is 5.79. The molecular weight excluding hydrogens is 294 g/mol. The van der Waals surface area contributed by atoms with Crippen molar-refractivity contribution in [3.05, 3.63) is 46.3 Å². The third-order valence-electron chi connectivity index (χ3n) is 2.51. The maximum Gasteiger partial charge on any atom is 0.166 e. The van der Waals surface area contributed by atoms with Crippen LogP contribution in [0.2, 0.25) is 0 Å². The molecule has 2 aromatic rings. The van der Waals surface area contributed by atoms with Gasteiger partial charge in [-0.25, -0.2) is 4.98 Å². The zero-order chi connectivity index (χ0) is 13.1. The van der Waals surface area contributed by atoms with Crippen LogP contribution in [0.4, 0.5) is 5.82 Å². The van der Waals surface area contributed by atoms with E-state index in [-0.39, 0.29) is 6.10 Å². The van der Waals surface area contributed by atoms with Crippen LogP contribution in [0.1, 0.15) is 24.3 Å². The van der Waals surface area contributed by atoms with E-state index in [9.17, 15) is 0 Å². The molecule has 94 valence electrons. The Morgan fingerprint density at radius 2 is 2.11 bits per heavy atom. The van der Waals surface area contributed by atoms with Gasteiger partial charge in [-0.15, -0.1) is 0 Å². The number of aryl methyl sites for hydroxylation is 1. The first-order valence-corrected chi connectivity index (χ1v) is 6.36. The summed E-state index contributed by atoms with van der Waals surface area (Å²) in [5.74, 6) is 0.929. The number of aromatic nitrogens is 2. The van der Waals surface area contributed by atoms with Crippen molar-refractivity contribution < 1.29 is 4.74 Å². The number of ether oxygens (including phenoxy) is 1. The Balaban J connectivity index is 2.21. The molecule has 2 aromatic heterocycles. The number of nitrogens with two attached hydrogens (primary N) is 1. The minimum atomic E-state index is -0.178. The number of hydrogen-bond donors (Lipinski definition) is 1. The van der Waals surface area contributed by atoms with Crippen molar-refractivity contribution >= 4 is 21.7 Å². The van der Waals surface area contributed by atoms with Gasteiger partial charge in [0.1, 0.15) is 6.10 Å². The molecule has 2 N–H and O–H groups in total. The number of hydrogen-bond acceptors (Lipinski definition) is 4. The van der Waals surface area contributed by atoms with Crippen molar-refractivity contribution in [3.63, 3.8) is 0 Å². The molecule has 0 aromatic carbocycles. The van der Waals surface area contributed by atoms with Gasteiger partial charge < -0.3 is 10.5 Å². The summed E-state index contributed by atoms with van der Waals surface area (Å²) in [6.45, 7) is 3.95. The molecule has 1 atom stereocenters. The molecule has 1 unspecified atom stereocenters. The lowest BCUT2D eigenvalue weighted by Gasteiger charge is -2.15. The van der Waals surface area contributed by atoms with Crippen LogP contribution in [0.15, 0.2) is 35.1 Å². The molecule has 5 heteroatoms. The van der Waals surface area contributed by atoms with Crippen LogP contribution in [0.5, 0.6) is 5.75 Å². The summed E-state index contributed by atoms with van der Waals surface area (Å²) < 4.78 is 6.62. The van der Waals surface area contributed by atoms with E-state index >= 15 is 0 Å². The minimum absolute atomic E-state index is 0.178. The normalized spacial score (nSPS) is 12.2. The molecule has 0 radical (unpaired) electrons. The van der Waals surface area contributed by atoms with Crippen molar-refractivity contribution in [3.8, 4) is 5.75 Å². The van der Waals surface area contributed by atoms with Gasteiger partial charge in [0, 0.05) is 16.9 Å². The fourth-order valence-corrected chi connectivity index (χ4v) is 1.87. The summed E-state index contributed by atoms with van der Waals surface area (Å²) in [6.07, 6.45) is 3.23. The SMILES string of the molecule is Cc1ccnc(C(C)Oc2cc(Br)cnc2N)c1. The molecule has 0 saturated carbocycles. The number of nitrogens with zero attached hydrogens (tertiary/aromatic N) is 2. The van der Waals surface area contributed by atoms with E-state index in [1.165, 1.54) is 0 Å². The van der Waals surface area contributed by atoms with Crippen LogP contribution in [-0.2, 0) is 0 Å². The quantitative estimate of drug-likeness (QED) is 0.945. The van der Waals surface area contributed by atoms with E-state index < -0.39 is 0 Å². The highest BCUT2D eigenvalue weighted by Gasteiger charge is 2.11. The van der Waals surface area contributed by atoms with E-state index in [2.05, 4.69) is 25.9 Å². The second kappa shape index (κ2) is 5.35. The smallest absolute Gasteiger partial charge is 0.166 e. The molecule has 0 bridgehead atoms. The summed E-state index contributed by atoms with van der Waals surface area (Å²) >= 11 is 3.34. The average molecular weight is 308 g/mol. The Morgan fingerprint density at radius 1 is 1.33 bits per heavy atom. The Kier molecular flexibility index (Phi) is 3.81. The molecule has 0 aliphatic rings. The van der Waals surface area contributed by atoms with Crippen molar-refractivity contribution in [2.24, 2.45) is 0 Å². The van der Waals surface area contributed by atoms with Gasteiger partial charge in [-0.05, 0) is 53.5 Å². The fourth-order valence-electron chi connectivity index (χ4n) is 1.56. The number of pyridine rings is 2. The monoisotopic (exact) mass is 307 g/mol. The Bertz CT molecular complexity index is 560. The number of nitrogen functional groups attached to an aromatic ring is 1. The molecule has 2 heterocycles. The molecule has 2 rings (SSSR count). The molecule has 18 heavy (non-hydrogen) atoms. The second-order valence-corrected chi connectivity index (χ2v) is 4.97. The Morgan fingerprint density at radius 3 is 2.83 bits per heavy atom. The first-order valence-electron chi connectivity index (χ1n) is 5.56. The molecule has 4 nitrogen and oxygen atoms in total. The van der Waals surface area contributed by atoms with Gasteiger partial charge in [0.25, 0.3) is 0 Å². The first kappa shape index (κ1) is 12.8. The minimum Gasteiger partial charge on any atom is -0.481 e. The van der Waals surface area contributed by atoms with Crippen molar-refractivity contribution in [1.82, 2.24) is 9.97 Å². The van der Waals surface area contributed by atoms with Crippen LogP contribution >= 0.6 is 15.9 Å². The summed E-state index contributed by atoms with van der Waals surface area (Å²) in [5.41, 5.74) is 7.79. The largest absolute Gasteiger partial charge is 0.481 e. The van der Waals surface area contributed by atoms with Gasteiger partial charge in [-0.1, -0.05) is 0 Å². The van der Waals surface area contributed by atoms with E-state index in [1.54, 1.807) is 18.5 Å². The van der Waals surface area contributed by atoms with Crippen LogP contribution < -0.4 is 10.5 Å². The van der Waals surface area contributed by atoms with Crippen molar-refractivity contribution in [2.75, 3.05) is 5.73 Å². The fraction of sp³-hybridized carbons (Fsp3) is 0.231. The van der Waals surface area contributed by atoms with Gasteiger partial charge in [0.2, 0.25) is 0 Å². The maximum absolute atomic E-state index is 5.79. The van der Waals surface area contributed by atoms with Gasteiger partial charge >= 0.3 is 0 Å². The van der Waals surface area contributed by atoms with E-state index in [0.29, 0.717) is 11.6 Å². The van der Waals surface area contributed by atoms with E-state index in [0.717, 1.165) is 15.7 Å². The van der Waals surface area contributed by atoms with Crippen molar-refractivity contribution in [2.45, 2.75) is 20.0 Å².